The van der Waals surface area contributed by atoms with Crippen molar-refractivity contribution in [1.29, 1.82) is 0 Å². The fourth-order valence-corrected chi connectivity index (χ4v) is 4.35. The Labute approximate surface area is 167 Å². The molecule has 1 aromatic carbocycles. The van der Waals surface area contributed by atoms with Gasteiger partial charge in [-0.3, -0.25) is 4.79 Å². The Balaban J connectivity index is 1.40. The number of aryl methyl sites for hydroxylation is 1. The summed E-state index contributed by atoms with van der Waals surface area (Å²) in [6.07, 6.45) is 6.83. The van der Waals surface area contributed by atoms with Crippen LogP contribution in [0.3, 0.4) is 0 Å². The highest BCUT2D eigenvalue weighted by Gasteiger charge is 2.24. The number of carbonyl (C=O) groups excluding carboxylic acids is 1. The van der Waals surface area contributed by atoms with Crippen molar-refractivity contribution in [2.45, 2.75) is 45.4 Å². The standard InChI is InChI=1S/C23H30N4O/c1-18-16-21(22(28)26-12-6-3-7-13-26)25-23(24-18)27-14-10-20(11-15-27)17-19-8-4-2-5-9-19/h2,4-5,8-9,16,20H,3,6-7,10-15,17H2,1H3. The maximum Gasteiger partial charge on any atom is 0.272 e. The summed E-state index contributed by atoms with van der Waals surface area (Å²) in [6.45, 7) is 5.57. The van der Waals surface area contributed by atoms with Crippen LogP contribution < -0.4 is 4.90 Å². The lowest BCUT2D eigenvalue weighted by Gasteiger charge is -2.32. The number of amides is 1. The predicted molar refractivity (Wildman–Crippen MR) is 112 cm³/mol. The topological polar surface area (TPSA) is 49.3 Å². The smallest absolute Gasteiger partial charge is 0.272 e. The van der Waals surface area contributed by atoms with Gasteiger partial charge in [0.05, 0.1) is 0 Å². The second-order valence-electron chi connectivity index (χ2n) is 8.17. The lowest BCUT2D eigenvalue weighted by molar-refractivity contribution is 0.0718. The Bertz CT molecular complexity index is 794. The zero-order valence-electron chi connectivity index (χ0n) is 16.8. The number of benzene rings is 1. The Morgan fingerprint density at radius 3 is 2.43 bits per heavy atom. The molecular weight excluding hydrogens is 348 g/mol. The van der Waals surface area contributed by atoms with Gasteiger partial charge in [-0.05, 0) is 63.0 Å². The van der Waals surface area contributed by atoms with Crippen LogP contribution in [-0.4, -0.2) is 47.0 Å². The van der Waals surface area contributed by atoms with E-state index in [1.807, 2.05) is 17.9 Å². The number of nitrogens with zero attached hydrogens (tertiary/aromatic N) is 4. The number of rotatable bonds is 4. The fraction of sp³-hybridized carbons (Fsp3) is 0.522. The zero-order valence-corrected chi connectivity index (χ0v) is 16.8. The SMILES string of the molecule is Cc1cc(C(=O)N2CCCCC2)nc(N2CCC(Cc3ccccc3)CC2)n1. The first-order valence-corrected chi connectivity index (χ1v) is 10.6. The molecule has 0 spiro atoms. The predicted octanol–water partition coefficient (Wildman–Crippen LogP) is 3.87. The van der Waals surface area contributed by atoms with E-state index in [9.17, 15) is 4.79 Å². The van der Waals surface area contributed by atoms with Gasteiger partial charge in [-0.1, -0.05) is 30.3 Å². The van der Waals surface area contributed by atoms with Crippen LogP contribution in [0.5, 0.6) is 0 Å². The van der Waals surface area contributed by atoms with Gasteiger partial charge in [0.2, 0.25) is 5.95 Å². The number of likely N-dealkylation sites (tertiary alicyclic amines) is 1. The molecule has 28 heavy (non-hydrogen) atoms. The molecule has 1 aromatic heterocycles. The number of hydrogen-bond donors (Lipinski definition) is 0. The Hall–Kier alpha value is -2.43. The molecule has 0 radical (unpaired) electrons. The second-order valence-corrected chi connectivity index (χ2v) is 8.17. The third-order valence-electron chi connectivity index (χ3n) is 5.97. The average Bonchev–Trinajstić information content (AvgIpc) is 2.75. The van der Waals surface area contributed by atoms with Gasteiger partial charge < -0.3 is 9.80 Å². The van der Waals surface area contributed by atoms with E-state index in [4.69, 9.17) is 0 Å². The largest absolute Gasteiger partial charge is 0.341 e. The summed E-state index contributed by atoms with van der Waals surface area (Å²) >= 11 is 0. The van der Waals surface area contributed by atoms with Crippen LogP contribution in [0.15, 0.2) is 36.4 Å². The van der Waals surface area contributed by atoms with E-state index in [1.165, 1.54) is 12.0 Å². The lowest BCUT2D eigenvalue weighted by Crippen LogP contribution is -2.38. The summed E-state index contributed by atoms with van der Waals surface area (Å²) in [5, 5.41) is 0. The van der Waals surface area contributed by atoms with Crippen molar-refractivity contribution in [1.82, 2.24) is 14.9 Å². The third kappa shape index (κ3) is 4.51. The van der Waals surface area contributed by atoms with Crippen molar-refractivity contribution in [3.8, 4) is 0 Å². The Morgan fingerprint density at radius 2 is 1.71 bits per heavy atom. The van der Waals surface area contributed by atoms with Gasteiger partial charge in [0.1, 0.15) is 5.69 Å². The van der Waals surface area contributed by atoms with Crippen molar-refractivity contribution in [3.05, 3.63) is 53.3 Å². The molecule has 0 aliphatic carbocycles. The maximum atomic E-state index is 12.9. The van der Waals surface area contributed by atoms with E-state index in [1.54, 1.807) is 0 Å². The van der Waals surface area contributed by atoms with E-state index < -0.39 is 0 Å². The van der Waals surface area contributed by atoms with Gasteiger partial charge >= 0.3 is 0 Å². The van der Waals surface area contributed by atoms with Gasteiger partial charge in [0, 0.05) is 31.9 Å². The highest BCUT2D eigenvalue weighted by Crippen LogP contribution is 2.24. The molecule has 0 atom stereocenters. The lowest BCUT2D eigenvalue weighted by atomic mass is 9.90. The van der Waals surface area contributed by atoms with Crippen molar-refractivity contribution >= 4 is 11.9 Å². The van der Waals surface area contributed by atoms with E-state index >= 15 is 0 Å². The number of aromatic nitrogens is 2. The van der Waals surface area contributed by atoms with Gasteiger partial charge in [-0.15, -0.1) is 0 Å². The zero-order chi connectivity index (χ0) is 19.3. The number of anilines is 1. The summed E-state index contributed by atoms with van der Waals surface area (Å²) < 4.78 is 0. The molecule has 4 rings (SSSR count). The molecule has 0 saturated carbocycles. The van der Waals surface area contributed by atoms with Crippen LogP contribution in [-0.2, 0) is 6.42 Å². The minimum Gasteiger partial charge on any atom is -0.341 e. The number of hydrogen-bond acceptors (Lipinski definition) is 4. The minimum atomic E-state index is 0.0606. The first-order chi connectivity index (χ1) is 13.7. The van der Waals surface area contributed by atoms with Gasteiger partial charge in [0.15, 0.2) is 0 Å². The normalized spacial score (nSPS) is 18.3. The Kier molecular flexibility index (Phi) is 5.89. The average molecular weight is 379 g/mol. The summed E-state index contributed by atoms with van der Waals surface area (Å²) in [6, 6.07) is 12.6. The molecule has 0 unspecified atom stereocenters. The summed E-state index contributed by atoms with van der Waals surface area (Å²) in [7, 11) is 0. The molecule has 2 aliphatic rings. The van der Waals surface area contributed by atoms with Crippen molar-refractivity contribution in [3.63, 3.8) is 0 Å². The molecule has 1 amide bonds. The van der Waals surface area contributed by atoms with Crippen LogP contribution >= 0.6 is 0 Å². The van der Waals surface area contributed by atoms with E-state index in [0.717, 1.165) is 69.9 Å². The van der Waals surface area contributed by atoms with Crippen LogP contribution in [0, 0.1) is 12.8 Å². The molecule has 0 bridgehead atoms. The van der Waals surface area contributed by atoms with Crippen molar-refractivity contribution in [2.75, 3.05) is 31.1 Å². The first-order valence-electron chi connectivity index (χ1n) is 10.6. The van der Waals surface area contributed by atoms with Gasteiger partial charge in [0.25, 0.3) is 5.91 Å². The molecular formula is C23H30N4O. The minimum absolute atomic E-state index is 0.0606. The van der Waals surface area contributed by atoms with Crippen LogP contribution in [0.1, 0.15) is 53.8 Å². The maximum absolute atomic E-state index is 12.9. The second kappa shape index (κ2) is 8.72. The highest BCUT2D eigenvalue weighted by molar-refractivity contribution is 5.92. The van der Waals surface area contributed by atoms with E-state index in [-0.39, 0.29) is 5.91 Å². The van der Waals surface area contributed by atoms with E-state index in [2.05, 4.69) is 45.2 Å². The van der Waals surface area contributed by atoms with Crippen molar-refractivity contribution in [2.24, 2.45) is 5.92 Å². The first kappa shape index (κ1) is 18.9. The molecule has 148 valence electrons. The van der Waals surface area contributed by atoms with Crippen molar-refractivity contribution < 1.29 is 4.79 Å². The fourth-order valence-electron chi connectivity index (χ4n) is 4.35. The van der Waals surface area contributed by atoms with Crippen LogP contribution in [0.2, 0.25) is 0 Å². The quantitative estimate of drug-likeness (QED) is 0.810. The summed E-state index contributed by atoms with van der Waals surface area (Å²) in [5.41, 5.74) is 2.84. The summed E-state index contributed by atoms with van der Waals surface area (Å²) in [5.74, 6) is 1.49. The molecule has 5 heteroatoms. The van der Waals surface area contributed by atoms with Crippen LogP contribution in [0.4, 0.5) is 5.95 Å². The molecule has 2 aromatic rings. The summed E-state index contributed by atoms with van der Waals surface area (Å²) in [4.78, 5) is 26.4. The van der Waals surface area contributed by atoms with Crippen LogP contribution in [0.25, 0.3) is 0 Å². The molecule has 2 fully saturated rings. The molecule has 0 N–H and O–H groups in total. The third-order valence-corrected chi connectivity index (χ3v) is 5.97. The highest BCUT2D eigenvalue weighted by atomic mass is 16.2. The van der Waals surface area contributed by atoms with E-state index in [0.29, 0.717) is 11.6 Å². The molecule has 2 saturated heterocycles. The molecule has 3 heterocycles. The number of carbonyl (C=O) groups is 1. The monoisotopic (exact) mass is 378 g/mol. The Morgan fingerprint density at radius 1 is 1.00 bits per heavy atom. The molecule has 2 aliphatic heterocycles. The van der Waals surface area contributed by atoms with Gasteiger partial charge in [-0.2, -0.15) is 0 Å². The molecule has 5 nitrogen and oxygen atoms in total. The van der Waals surface area contributed by atoms with Gasteiger partial charge in [-0.25, -0.2) is 9.97 Å². The number of piperidine rings is 2.